The molecule has 1 aliphatic heterocycles. The van der Waals surface area contributed by atoms with Gasteiger partial charge in [-0.15, -0.1) is 0 Å². The quantitative estimate of drug-likeness (QED) is 0.492. The molecule has 6 heteroatoms. The fourth-order valence-electron chi connectivity index (χ4n) is 2.14. The van der Waals surface area contributed by atoms with E-state index >= 15 is 0 Å². The molecule has 2 nitrogen and oxygen atoms in total. The first-order valence-electron chi connectivity index (χ1n) is 6.76. The Morgan fingerprint density at radius 2 is 1.87 bits per heavy atom. The van der Waals surface area contributed by atoms with E-state index in [0.29, 0.717) is 25.0 Å². The van der Waals surface area contributed by atoms with Gasteiger partial charge in [0.15, 0.2) is 4.32 Å². The summed E-state index contributed by atoms with van der Waals surface area (Å²) in [5.41, 5.74) is 2.41. The highest BCUT2D eigenvalue weighted by atomic mass is 35.5. The van der Waals surface area contributed by atoms with Crippen LogP contribution in [-0.4, -0.2) is 10.2 Å². The number of rotatable bonds is 2. The molecule has 23 heavy (non-hydrogen) atoms. The lowest BCUT2D eigenvalue weighted by Crippen LogP contribution is -2.27. The second kappa shape index (κ2) is 6.65. The van der Waals surface area contributed by atoms with Crippen LogP contribution in [-0.2, 0) is 4.79 Å². The molecule has 0 N–H and O–H groups in total. The summed E-state index contributed by atoms with van der Waals surface area (Å²) < 4.78 is 0.480. The van der Waals surface area contributed by atoms with Crippen molar-refractivity contribution in [3.8, 4) is 0 Å². The molecule has 0 spiro atoms. The van der Waals surface area contributed by atoms with Gasteiger partial charge in [-0.25, -0.2) is 0 Å². The van der Waals surface area contributed by atoms with Crippen LogP contribution in [0, 0.1) is 6.92 Å². The molecule has 0 saturated carbocycles. The van der Waals surface area contributed by atoms with Gasteiger partial charge in [-0.3, -0.25) is 9.69 Å². The van der Waals surface area contributed by atoms with Gasteiger partial charge in [0.1, 0.15) is 0 Å². The number of carbonyl (C=O) groups is 1. The summed E-state index contributed by atoms with van der Waals surface area (Å²) in [5.74, 6) is -0.167. The molecule has 116 valence electrons. The lowest BCUT2D eigenvalue weighted by molar-refractivity contribution is -0.113. The van der Waals surface area contributed by atoms with Gasteiger partial charge in [0.25, 0.3) is 5.91 Å². The predicted molar refractivity (Wildman–Crippen MR) is 103 cm³/mol. The van der Waals surface area contributed by atoms with Crippen LogP contribution in [0.4, 0.5) is 5.69 Å². The van der Waals surface area contributed by atoms with Crippen LogP contribution < -0.4 is 4.90 Å². The van der Waals surface area contributed by atoms with Crippen molar-refractivity contribution in [1.29, 1.82) is 0 Å². The van der Waals surface area contributed by atoms with Gasteiger partial charge in [-0.1, -0.05) is 71.4 Å². The van der Waals surface area contributed by atoms with Gasteiger partial charge in [-0.2, -0.15) is 0 Å². The van der Waals surface area contributed by atoms with Crippen molar-refractivity contribution in [2.75, 3.05) is 4.90 Å². The Hall–Kier alpha value is -1.33. The number of amides is 1. The number of anilines is 1. The molecule has 1 amide bonds. The van der Waals surface area contributed by atoms with Crippen molar-refractivity contribution in [3.05, 3.63) is 68.5 Å². The minimum Gasteiger partial charge on any atom is -0.268 e. The molecule has 0 aromatic heterocycles. The topological polar surface area (TPSA) is 20.3 Å². The largest absolute Gasteiger partial charge is 0.270 e. The number of halogens is 2. The molecule has 0 unspecified atom stereocenters. The molecule has 1 saturated heterocycles. The maximum absolute atomic E-state index is 12.7. The minimum absolute atomic E-state index is 0.167. The molecule has 2 aromatic rings. The van der Waals surface area contributed by atoms with E-state index in [2.05, 4.69) is 0 Å². The van der Waals surface area contributed by atoms with Crippen LogP contribution in [0.1, 0.15) is 11.1 Å². The second-order valence-corrected chi connectivity index (χ2v) is 7.46. The Bertz CT molecular complexity index is 848. The summed E-state index contributed by atoms with van der Waals surface area (Å²) in [6.45, 7) is 1.91. The number of thiocarbonyl (C=S) groups is 1. The molecule has 0 bridgehead atoms. The summed E-state index contributed by atoms with van der Waals surface area (Å²) in [6.07, 6.45) is 1.76. The van der Waals surface area contributed by atoms with Crippen molar-refractivity contribution in [2.45, 2.75) is 6.92 Å². The van der Waals surface area contributed by atoms with Crippen molar-refractivity contribution in [1.82, 2.24) is 0 Å². The summed E-state index contributed by atoms with van der Waals surface area (Å²) >= 11 is 18.9. The first-order valence-corrected chi connectivity index (χ1v) is 8.74. The number of aryl methyl sites for hydroxylation is 1. The lowest BCUT2D eigenvalue weighted by atomic mass is 10.2. The summed E-state index contributed by atoms with van der Waals surface area (Å²) in [6, 6.07) is 12.8. The van der Waals surface area contributed by atoms with Crippen molar-refractivity contribution >= 4 is 69.2 Å². The lowest BCUT2D eigenvalue weighted by Gasteiger charge is -2.15. The minimum atomic E-state index is -0.167. The number of carbonyl (C=O) groups excluding carboxylic acids is 1. The third kappa shape index (κ3) is 3.31. The first kappa shape index (κ1) is 16.5. The molecule has 0 radical (unpaired) electrons. The van der Waals surface area contributed by atoms with E-state index in [1.807, 2.05) is 37.3 Å². The monoisotopic (exact) mass is 379 g/mol. The van der Waals surface area contributed by atoms with Crippen molar-refractivity contribution < 1.29 is 4.79 Å². The highest BCUT2D eigenvalue weighted by molar-refractivity contribution is 8.27. The Kier molecular flexibility index (Phi) is 4.78. The van der Waals surface area contributed by atoms with Gasteiger partial charge in [0.05, 0.1) is 10.6 Å². The standard InChI is InChI=1S/C17H11Cl2NOS2/c1-10-6-7-12(9-14(10)19)20-16(21)15(23-17(20)22)8-11-4-2-3-5-13(11)18/h2-9H,1H3/b15-8-. The zero-order chi connectivity index (χ0) is 16.6. The van der Waals surface area contributed by atoms with Crippen LogP contribution in [0.25, 0.3) is 6.08 Å². The zero-order valence-corrected chi connectivity index (χ0v) is 15.2. The summed E-state index contributed by atoms with van der Waals surface area (Å²) in [4.78, 5) is 14.7. The van der Waals surface area contributed by atoms with Gasteiger partial charge in [0.2, 0.25) is 0 Å². The maximum atomic E-state index is 12.7. The van der Waals surface area contributed by atoms with Gasteiger partial charge >= 0.3 is 0 Å². The third-order valence-electron chi connectivity index (χ3n) is 3.40. The van der Waals surface area contributed by atoms with Gasteiger partial charge < -0.3 is 0 Å². The van der Waals surface area contributed by atoms with Gasteiger partial charge in [-0.05, 0) is 42.3 Å². The summed E-state index contributed by atoms with van der Waals surface area (Å²) in [5, 5.41) is 1.20. The third-order valence-corrected chi connectivity index (χ3v) is 5.45. The average molecular weight is 380 g/mol. The molecular weight excluding hydrogens is 369 g/mol. The molecule has 0 aliphatic carbocycles. The fourth-order valence-corrected chi connectivity index (χ4v) is 3.80. The SMILES string of the molecule is Cc1ccc(N2C(=O)/C(=C/c3ccccc3Cl)SC2=S)cc1Cl. The molecule has 2 aromatic carbocycles. The van der Waals surface area contributed by atoms with E-state index in [1.165, 1.54) is 16.7 Å². The van der Waals surface area contributed by atoms with E-state index in [1.54, 1.807) is 18.2 Å². The average Bonchev–Trinajstić information content (AvgIpc) is 2.79. The first-order chi connectivity index (χ1) is 11.0. The number of nitrogens with zero attached hydrogens (tertiary/aromatic N) is 1. The second-order valence-electron chi connectivity index (χ2n) is 4.97. The van der Waals surface area contributed by atoms with Gasteiger partial charge in [0, 0.05) is 10.0 Å². The van der Waals surface area contributed by atoms with Crippen LogP contribution in [0.5, 0.6) is 0 Å². The molecule has 3 rings (SSSR count). The maximum Gasteiger partial charge on any atom is 0.270 e. The molecule has 1 aliphatic rings. The highest BCUT2D eigenvalue weighted by Gasteiger charge is 2.33. The number of hydrogen-bond donors (Lipinski definition) is 0. The van der Waals surface area contributed by atoms with E-state index in [4.69, 9.17) is 35.4 Å². The normalized spacial score (nSPS) is 16.5. The van der Waals surface area contributed by atoms with E-state index in [0.717, 1.165) is 11.1 Å². The Labute approximate surface area is 154 Å². The smallest absolute Gasteiger partial charge is 0.268 e. The Morgan fingerprint density at radius 3 is 2.57 bits per heavy atom. The van der Waals surface area contributed by atoms with Crippen molar-refractivity contribution in [2.24, 2.45) is 0 Å². The van der Waals surface area contributed by atoms with E-state index in [-0.39, 0.29) is 5.91 Å². The Balaban J connectivity index is 1.97. The molecular formula is C17H11Cl2NOS2. The zero-order valence-electron chi connectivity index (χ0n) is 12.0. The summed E-state index contributed by atoms with van der Waals surface area (Å²) in [7, 11) is 0. The molecule has 1 heterocycles. The number of hydrogen-bond acceptors (Lipinski definition) is 3. The highest BCUT2D eigenvalue weighted by Crippen LogP contribution is 2.37. The van der Waals surface area contributed by atoms with E-state index < -0.39 is 0 Å². The predicted octanol–water partition coefficient (Wildman–Crippen LogP) is 5.71. The van der Waals surface area contributed by atoms with Crippen LogP contribution in [0.15, 0.2) is 47.4 Å². The number of thioether (sulfide) groups is 1. The molecule has 1 fully saturated rings. The van der Waals surface area contributed by atoms with Crippen LogP contribution in [0.3, 0.4) is 0 Å². The van der Waals surface area contributed by atoms with E-state index in [9.17, 15) is 4.79 Å². The fraction of sp³-hybridized carbons (Fsp3) is 0.0588. The number of benzene rings is 2. The van der Waals surface area contributed by atoms with Crippen LogP contribution >= 0.6 is 47.2 Å². The van der Waals surface area contributed by atoms with Crippen LogP contribution in [0.2, 0.25) is 10.0 Å². The Morgan fingerprint density at radius 1 is 1.13 bits per heavy atom. The molecule has 0 atom stereocenters. The van der Waals surface area contributed by atoms with Crippen molar-refractivity contribution in [3.63, 3.8) is 0 Å².